The first-order valence-corrected chi connectivity index (χ1v) is 6.96. The smallest absolute Gasteiger partial charge is 0.337 e. The summed E-state index contributed by atoms with van der Waals surface area (Å²) in [6, 6.07) is 7.07. The third-order valence-corrected chi connectivity index (χ3v) is 3.59. The van der Waals surface area contributed by atoms with Crippen LogP contribution in [0.2, 0.25) is 0 Å². The van der Waals surface area contributed by atoms with Crippen LogP contribution in [-0.2, 0) is 16.1 Å². The number of rotatable bonds is 5. The van der Waals surface area contributed by atoms with Gasteiger partial charge in [-0.15, -0.1) is 0 Å². The molecule has 0 spiro atoms. The molecule has 0 bridgehead atoms. The van der Waals surface area contributed by atoms with Gasteiger partial charge in [0.2, 0.25) is 0 Å². The first kappa shape index (κ1) is 14.5. The van der Waals surface area contributed by atoms with Gasteiger partial charge in [0.15, 0.2) is 6.54 Å². The van der Waals surface area contributed by atoms with Crippen molar-refractivity contribution in [3.05, 3.63) is 35.4 Å². The Kier molecular flexibility index (Phi) is 5.12. The number of quaternary nitrogens is 1. The summed E-state index contributed by atoms with van der Waals surface area (Å²) in [4.78, 5) is 24.4. The highest BCUT2D eigenvalue weighted by Crippen LogP contribution is 2.05. The second kappa shape index (κ2) is 7.05. The molecule has 1 heterocycles. The zero-order valence-electron chi connectivity index (χ0n) is 11.8. The Morgan fingerprint density at radius 1 is 1.20 bits per heavy atom. The van der Waals surface area contributed by atoms with E-state index in [4.69, 9.17) is 0 Å². The molecule has 0 radical (unpaired) electrons. The number of amides is 1. The van der Waals surface area contributed by atoms with Gasteiger partial charge in [-0.2, -0.15) is 0 Å². The van der Waals surface area contributed by atoms with Crippen molar-refractivity contribution in [3.8, 4) is 0 Å². The Morgan fingerprint density at radius 2 is 1.85 bits per heavy atom. The van der Waals surface area contributed by atoms with Gasteiger partial charge >= 0.3 is 5.97 Å². The number of carbonyl (C=O) groups is 2. The Bertz CT molecular complexity index is 465. The molecule has 1 aromatic carbocycles. The SMILES string of the molecule is COC(=O)c1ccc(CNC(=O)C[NH+]2CCCC2)cc1. The van der Waals surface area contributed by atoms with Gasteiger partial charge in [-0.05, 0) is 17.7 Å². The molecule has 1 aliphatic heterocycles. The summed E-state index contributed by atoms with van der Waals surface area (Å²) in [7, 11) is 1.36. The molecule has 1 aromatic rings. The van der Waals surface area contributed by atoms with Crippen molar-refractivity contribution in [1.29, 1.82) is 0 Å². The average Bonchev–Trinajstić information content (AvgIpc) is 2.97. The molecule has 1 amide bonds. The molecule has 0 unspecified atom stereocenters. The summed E-state index contributed by atoms with van der Waals surface area (Å²) in [5, 5.41) is 2.91. The van der Waals surface area contributed by atoms with Gasteiger partial charge in [0.05, 0.1) is 25.8 Å². The van der Waals surface area contributed by atoms with Crippen LogP contribution in [-0.4, -0.2) is 38.6 Å². The summed E-state index contributed by atoms with van der Waals surface area (Å²) < 4.78 is 4.64. The van der Waals surface area contributed by atoms with Crippen molar-refractivity contribution in [2.24, 2.45) is 0 Å². The zero-order chi connectivity index (χ0) is 14.4. The van der Waals surface area contributed by atoms with Crippen LogP contribution in [0.3, 0.4) is 0 Å². The standard InChI is InChI=1S/C15H20N2O3/c1-20-15(19)13-6-4-12(5-7-13)10-16-14(18)11-17-8-2-3-9-17/h4-7H,2-3,8-11H2,1H3,(H,16,18)/p+1. The van der Waals surface area contributed by atoms with E-state index >= 15 is 0 Å². The van der Waals surface area contributed by atoms with Crippen molar-refractivity contribution in [1.82, 2.24) is 5.32 Å². The second-order valence-corrected chi connectivity index (χ2v) is 5.10. The van der Waals surface area contributed by atoms with Crippen LogP contribution in [0.5, 0.6) is 0 Å². The third kappa shape index (κ3) is 4.06. The maximum atomic E-state index is 11.8. The molecule has 0 aromatic heterocycles. The first-order chi connectivity index (χ1) is 9.69. The fraction of sp³-hybridized carbons (Fsp3) is 0.467. The number of methoxy groups -OCH3 is 1. The molecule has 5 heteroatoms. The Balaban J connectivity index is 1.78. The summed E-state index contributed by atoms with van der Waals surface area (Å²) in [6.45, 7) is 3.25. The molecule has 2 N–H and O–H groups in total. The summed E-state index contributed by atoms with van der Waals surface area (Å²) in [6.07, 6.45) is 2.44. The number of ether oxygens (including phenoxy) is 1. The maximum absolute atomic E-state index is 11.8. The van der Waals surface area contributed by atoms with E-state index in [0.29, 0.717) is 18.7 Å². The first-order valence-electron chi connectivity index (χ1n) is 6.96. The van der Waals surface area contributed by atoms with Crippen molar-refractivity contribution < 1.29 is 19.2 Å². The quantitative estimate of drug-likeness (QED) is 0.731. The van der Waals surface area contributed by atoms with Crippen molar-refractivity contribution >= 4 is 11.9 Å². The Morgan fingerprint density at radius 3 is 2.45 bits per heavy atom. The Hall–Kier alpha value is -1.88. The van der Waals surface area contributed by atoms with E-state index < -0.39 is 0 Å². The molecule has 1 saturated heterocycles. The molecule has 108 valence electrons. The predicted octanol–water partition coefficient (Wildman–Crippen LogP) is -0.232. The topological polar surface area (TPSA) is 59.8 Å². The van der Waals surface area contributed by atoms with Crippen molar-refractivity contribution in [2.75, 3.05) is 26.7 Å². The van der Waals surface area contributed by atoms with Crippen LogP contribution < -0.4 is 10.2 Å². The lowest BCUT2D eigenvalue weighted by Crippen LogP contribution is -3.11. The Labute approximate surface area is 118 Å². The van der Waals surface area contributed by atoms with E-state index in [0.717, 1.165) is 18.7 Å². The van der Waals surface area contributed by atoms with Gasteiger partial charge < -0.3 is 15.0 Å². The van der Waals surface area contributed by atoms with Gasteiger partial charge in [-0.1, -0.05) is 12.1 Å². The molecular formula is C15H21N2O3+. The van der Waals surface area contributed by atoms with E-state index in [1.54, 1.807) is 12.1 Å². The molecule has 5 nitrogen and oxygen atoms in total. The molecule has 0 atom stereocenters. The highest BCUT2D eigenvalue weighted by molar-refractivity contribution is 5.89. The second-order valence-electron chi connectivity index (χ2n) is 5.10. The fourth-order valence-electron chi connectivity index (χ4n) is 2.42. The van der Waals surface area contributed by atoms with Gasteiger partial charge in [0.1, 0.15) is 0 Å². The highest BCUT2D eigenvalue weighted by atomic mass is 16.5. The molecular weight excluding hydrogens is 256 g/mol. The molecule has 20 heavy (non-hydrogen) atoms. The van der Waals surface area contributed by atoms with Gasteiger partial charge in [0.25, 0.3) is 5.91 Å². The largest absolute Gasteiger partial charge is 0.465 e. The number of likely N-dealkylation sites (tertiary alicyclic amines) is 1. The van der Waals surface area contributed by atoms with E-state index in [1.807, 2.05) is 12.1 Å². The maximum Gasteiger partial charge on any atom is 0.337 e. The van der Waals surface area contributed by atoms with E-state index in [-0.39, 0.29) is 11.9 Å². The third-order valence-electron chi connectivity index (χ3n) is 3.59. The zero-order valence-corrected chi connectivity index (χ0v) is 11.8. The van der Waals surface area contributed by atoms with E-state index in [2.05, 4.69) is 10.1 Å². The lowest BCUT2D eigenvalue weighted by molar-refractivity contribution is -0.879. The van der Waals surface area contributed by atoms with Crippen LogP contribution in [0.15, 0.2) is 24.3 Å². The lowest BCUT2D eigenvalue weighted by atomic mass is 10.1. The van der Waals surface area contributed by atoms with Crippen LogP contribution in [0.25, 0.3) is 0 Å². The van der Waals surface area contributed by atoms with Gasteiger partial charge in [-0.25, -0.2) is 4.79 Å². The molecule has 2 rings (SSSR count). The average molecular weight is 277 g/mol. The van der Waals surface area contributed by atoms with Crippen LogP contribution in [0, 0.1) is 0 Å². The number of benzene rings is 1. The van der Waals surface area contributed by atoms with Crippen LogP contribution in [0.4, 0.5) is 0 Å². The lowest BCUT2D eigenvalue weighted by Gasteiger charge is -2.11. The van der Waals surface area contributed by atoms with Crippen molar-refractivity contribution in [3.63, 3.8) is 0 Å². The summed E-state index contributed by atoms with van der Waals surface area (Å²) in [5.41, 5.74) is 1.49. The number of hydrogen-bond acceptors (Lipinski definition) is 3. The van der Waals surface area contributed by atoms with Gasteiger partial charge in [0, 0.05) is 19.4 Å². The van der Waals surface area contributed by atoms with Crippen molar-refractivity contribution in [2.45, 2.75) is 19.4 Å². The number of esters is 1. The summed E-state index contributed by atoms with van der Waals surface area (Å²) in [5.74, 6) is -0.267. The fourth-order valence-corrected chi connectivity index (χ4v) is 2.42. The predicted molar refractivity (Wildman–Crippen MR) is 74.4 cm³/mol. The van der Waals surface area contributed by atoms with E-state index in [1.165, 1.54) is 24.9 Å². The molecule has 1 fully saturated rings. The normalized spacial score (nSPS) is 15.1. The molecule has 0 aliphatic carbocycles. The minimum absolute atomic E-state index is 0.0824. The number of carbonyl (C=O) groups excluding carboxylic acids is 2. The minimum atomic E-state index is -0.349. The number of hydrogen-bond donors (Lipinski definition) is 2. The highest BCUT2D eigenvalue weighted by Gasteiger charge is 2.18. The van der Waals surface area contributed by atoms with Gasteiger partial charge in [-0.3, -0.25) is 4.79 Å². The molecule has 0 saturated carbocycles. The number of nitrogens with one attached hydrogen (secondary N) is 2. The summed E-state index contributed by atoms with van der Waals surface area (Å²) >= 11 is 0. The van der Waals surface area contributed by atoms with Crippen LogP contribution in [0.1, 0.15) is 28.8 Å². The monoisotopic (exact) mass is 277 g/mol. The molecule has 1 aliphatic rings. The van der Waals surface area contributed by atoms with Crippen LogP contribution >= 0.6 is 0 Å². The minimum Gasteiger partial charge on any atom is -0.465 e. The van der Waals surface area contributed by atoms with E-state index in [9.17, 15) is 9.59 Å².